The first-order valence-electron chi connectivity index (χ1n) is 36.5. The fraction of sp³-hybridized carbons (Fsp3) is 0. The van der Waals surface area contributed by atoms with Crippen molar-refractivity contribution >= 4 is 120 Å². The van der Waals surface area contributed by atoms with Crippen LogP contribution in [0.1, 0.15) is 0 Å². The fourth-order valence-electron chi connectivity index (χ4n) is 16.3. The predicted molar refractivity (Wildman–Crippen MR) is 455 cm³/mol. The van der Waals surface area contributed by atoms with Gasteiger partial charge in [0.2, 0.25) is 0 Å². The molecule has 0 amide bonds. The number of hydrogen-bond acceptors (Lipinski definition) is 2. The molecule has 2 nitrogen and oxygen atoms in total. The maximum atomic E-state index is 2.42. The second kappa shape index (κ2) is 27.5. The molecule has 0 aliphatic rings. The van der Waals surface area contributed by atoms with Gasteiger partial charge in [0, 0.05) is 33.5 Å². The van der Waals surface area contributed by atoms with Crippen LogP contribution in [0, 0.1) is 0 Å². The Morgan fingerprint density at radius 2 is 0.358 bits per heavy atom. The summed E-state index contributed by atoms with van der Waals surface area (Å²) in [5.74, 6) is 0. The highest BCUT2D eigenvalue weighted by Crippen LogP contribution is 2.47. The molecule has 20 aromatic carbocycles. The molecule has 0 saturated carbocycles. The minimum atomic E-state index is 1.10. The van der Waals surface area contributed by atoms with Crippen molar-refractivity contribution in [2.24, 2.45) is 0 Å². The molecule has 20 aromatic rings. The molecule has 20 rings (SSSR count). The zero-order chi connectivity index (χ0) is 70.3. The highest BCUT2D eigenvalue weighted by Gasteiger charge is 2.22. The normalized spacial score (nSPS) is 11.4. The van der Waals surface area contributed by atoms with E-state index in [9.17, 15) is 0 Å². The zero-order valence-corrected chi connectivity index (χ0v) is 58.3. The van der Waals surface area contributed by atoms with Gasteiger partial charge >= 0.3 is 0 Å². The predicted octanol–water partition coefficient (Wildman–Crippen LogP) is 29.5. The van der Waals surface area contributed by atoms with Crippen molar-refractivity contribution in [2.45, 2.75) is 0 Å². The Hall–Kier alpha value is -13.9. The molecule has 0 spiro atoms. The number of hydrogen-bond donors (Lipinski definition) is 0. The van der Waals surface area contributed by atoms with E-state index in [4.69, 9.17) is 0 Å². The van der Waals surface area contributed by atoms with Crippen LogP contribution in [0.15, 0.2) is 425 Å². The Morgan fingerprint density at radius 3 is 0.708 bits per heavy atom. The largest absolute Gasteiger partial charge is 0.310 e. The lowest BCUT2D eigenvalue weighted by Gasteiger charge is -2.28. The van der Waals surface area contributed by atoms with Gasteiger partial charge < -0.3 is 9.80 Å². The van der Waals surface area contributed by atoms with Crippen LogP contribution in [0.4, 0.5) is 34.1 Å². The van der Waals surface area contributed by atoms with E-state index in [-0.39, 0.29) is 0 Å². The van der Waals surface area contributed by atoms with Gasteiger partial charge in [-0.05, 0) is 215 Å². The average Bonchev–Trinajstić information content (AvgIpc) is 0.784. The number of nitrogens with zero attached hydrogens (tertiary/aromatic N) is 2. The van der Waals surface area contributed by atoms with Crippen LogP contribution < -0.4 is 9.80 Å². The SMILES string of the molecule is c1ccc(-c2ccc(N(c3ccc(-c4cc5ccccc5c5ccccc45)cc3)c3ccc(-c4cc5ccccc5c5ccccc45)cc3)c3ccccc23)cc1.c1ccc(-c2ccc(N(c3ccc(-c4cccc5ccccc45)cc3)c3ccc(-c4cccc5ccccc45)cc3)c3ccccc23)cc1. The van der Waals surface area contributed by atoms with Gasteiger partial charge in [-0.1, -0.05) is 352 Å². The molecule has 0 saturated heterocycles. The number of fused-ring (bicyclic) bond motifs is 10. The maximum absolute atomic E-state index is 2.42. The first-order valence-corrected chi connectivity index (χ1v) is 36.5. The summed E-state index contributed by atoms with van der Waals surface area (Å²) in [4.78, 5) is 4.82. The van der Waals surface area contributed by atoms with Crippen LogP contribution in [0.2, 0.25) is 0 Å². The van der Waals surface area contributed by atoms with Gasteiger partial charge in [-0.15, -0.1) is 0 Å². The molecule has 0 aromatic heterocycles. The molecule has 106 heavy (non-hydrogen) atoms. The van der Waals surface area contributed by atoms with E-state index in [1.165, 1.54) is 153 Å². The molecule has 0 aliphatic carbocycles. The van der Waals surface area contributed by atoms with E-state index in [1.807, 2.05) is 0 Å². The van der Waals surface area contributed by atoms with Crippen molar-refractivity contribution in [3.63, 3.8) is 0 Å². The van der Waals surface area contributed by atoms with Gasteiger partial charge in [0.25, 0.3) is 0 Å². The third-order valence-corrected chi connectivity index (χ3v) is 21.3. The van der Waals surface area contributed by atoms with E-state index < -0.39 is 0 Å². The smallest absolute Gasteiger partial charge is 0.0540 e. The molecule has 0 N–H and O–H groups in total. The van der Waals surface area contributed by atoms with Crippen LogP contribution in [0.5, 0.6) is 0 Å². The number of benzene rings is 20. The van der Waals surface area contributed by atoms with Crippen LogP contribution in [0.3, 0.4) is 0 Å². The van der Waals surface area contributed by atoms with Gasteiger partial charge in [-0.2, -0.15) is 0 Å². The third-order valence-electron chi connectivity index (χ3n) is 21.3. The van der Waals surface area contributed by atoms with E-state index in [0.717, 1.165) is 34.1 Å². The van der Waals surface area contributed by atoms with Gasteiger partial charge in [0.1, 0.15) is 0 Å². The highest BCUT2D eigenvalue weighted by molar-refractivity contribution is 6.16. The quantitative estimate of drug-likeness (QED) is 0.113. The highest BCUT2D eigenvalue weighted by atomic mass is 15.1. The lowest BCUT2D eigenvalue weighted by atomic mass is 9.92. The summed E-state index contributed by atoms with van der Waals surface area (Å²) in [5.41, 5.74) is 21.4. The van der Waals surface area contributed by atoms with Crippen LogP contribution >= 0.6 is 0 Å². The van der Waals surface area contributed by atoms with Crippen molar-refractivity contribution in [1.82, 2.24) is 0 Å². The molecular formula is C104H70N2. The van der Waals surface area contributed by atoms with Gasteiger partial charge in [-0.25, -0.2) is 0 Å². The minimum Gasteiger partial charge on any atom is -0.310 e. The lowest BCUT2D eigenvalue weighted by Crippen LogP contribution is -2.10. The molecule has 0 atom stereocenters. The second-order valence-corrected chi connectivity index (χ2v) is 27.4. The van der Waals surface area contributed by atoms with E-state index in [1.54, 1.807) is 0 Å². The summed E-state index contributed by atoms with van der Waals surface area (Å²) in [6, 6.07) is 154. The van der Waals surface area contributed by atoms with Crippen molar-refractivity contribution < 1.29 is 0 Å². The average molecular weight is 1350 g/mol. The second-order valence-electron chi connectivity index (χ2n) is 27.4. The van der Waals surface area contributed by atoms with E-state index in [2.05, 4.69) is 434 Å². The van der Waals surface area contributed by atoms with Crippen LogP contribution in [-0.2, 0) is 0 Å². The molecular weight excluding hydrogens is 1280 g/mol. The Balaban J connectivity index is 0.000000147. The van der Waals surface area contributed by atoms with E-state index >= 15 is 0 Å². The molecule has 0 unspecified atom stereocenters. The molecule has 2 heteroatoms. The van der Waals surface area contributed by atoms with Gasteiger partial charge in [0.05, 0.1) is 11.4 Å². The summed E-state index contributed by atoms with van der Waals surface area (Å²) in [6.07, 6.45) is 0. The number of rotatable bonds is 12. The van der Waals surface area contributed by atoms with Crippen molar-refractivity contribution in [2.75, 3.05) is 9.80 Å². The van der Waals surface area contributed by atoms with Crippen LogP contribution in [-0.4, -0.2) is 0 Å². The summed E-state index contributed by atoms with van der Waals surface area (Å²) in [7, 11) is 0. The minimum absolute atomic E-state index is 1.10. The maximum Gasteiger partial charge on any atom is 0.0540 e. The third kappa shape index (κ3) is 11.6. The molecule has 0 radical (unpaired) electrons. The molecule has 0 bridgehead atoms. The Morgan fingerprint density at radius 1 is 0.123 bits per heavy atom. The summed E-state index contributed by atoms with van der Waals surface area (Å²) >= 11 is 0. The summed E-state index contributed by atoms with van der Waals surface area (Å²) in [5, 5.41) is 20.1. The first-order chi connectivity index (χ1) is 52.6. The molecule has 0 aliphatic heterocycles. The standard InChI is InChI=1S/C56H37N.C48H33N/c1-2-14-38(15-3-1)47-34-35-56(53-25-13-12-22-50(47)53)57(43-30-26-39(27-31-43)54-36-41-16-4-6-18-45(41)48-20-8-10-23-51(48)54)44-32-28-40(29-33-44)55-37-42-17-5-7-19-46(42)49-21-9-11-24-52(49)55;1-2-12-34(13-3-1)45-32-33-48(47-21-9-8-20-46(45)47)49(39-28-24-37(25-29-39)43-22-10-16-35-14-4-6-18-41(35)43)40-30-26-38(27-31-40)44-23-11-17-36-15-5-7-19-42(36)44/h1-37H;1-33H. The van der Waals surface area contributed by atoms with Crippen molar-refractivity contribution in [3.8, 4) is 66.8 Å². The Bertz CT molecular complexity index is 6370. The summed E-state index contributed by atoms with van der Waals surface area (Å²) < 4.78 is 0. The topological polar surface area (TPSA) is 6.48 Å². The van der Waals surface area contributed by atoms with Gasteiger partial charge in [-0.3, -0.25) is 0 Å². The Labute approximate surface area is 617 Å². The first kappa shape index (κ1) is 63.0. The number of anilines is 6. The van der Waals surface area contributed by atoms with Crippen molar-refractivity contribution in [3.05, 3.63) is 425 Å². The van der Waals surface area contributed by atoms with Crippen molar-refractivity contribution in [1.29, 1.82) is 0 Å². The fourth-order valence-corrected chi connectivity index (χ4v) is 16.3. The molecule has 496 valence electrons. The van der Waals surface area contributed by atoms with E-state index in [0.29, 0.717) is 0 Å². The van der Waals surface area contributed by atoms with Gasteiger partial charge in [0.15, 0.2) is 0 Å². The zero-order valence-electron chi connectivity index (χ0n) is 58.3. The lowest BCUT2D eigenvalue weighted by molar-refractivity contribution is 1.30. The molecule has 0 heterocycles. The monoisotopic (exact) mass is 1350 g/mol. The molecule has 0 fully saturated rings. The van der Waals surface area contributed by atoms with Crippen LogP contribution in [0.25, 0.3) is 153 Å². The Kier molecular flexibility index (Phi) is 16.3. The summed E-state index contributed by atoms with van der Waals surface area (Å²) in [6.45, 7) is 0.